The Bertz CT molecular complexity index is 795. The molecule has 0 saturated carbocycles. The first-order valence-corrected chi connectivity index (χ1v) is 7.49. The van der Waals surface area contributed by atoms with E-state index in [1.54, 1.807) is 26.0 Å². The van der Waals surface area contributed by atoms with Crippen molar-refractivity contribution in [2.45, 2.75) is 20.1 Å². The number of aromatic nitrogens is 1. The third kappa shape index (κ3) is 3.26. The van der Waals surface area contributed by atoms with Gasteiger partial charge in [-0.15, -0.1) is 8.78 Å². The summed E-state index contributed by atoms with van der Waals surface area (Å²) in [6, 6.07) is 5.90. The van der Waals surface area contributed by atoms with Crippen LogP contribution < -0.4 is 14.8 Å². The molecule has 1 aromatic heterocycles. The number of amides is 1. The molecule has 2 aromatic rings. The van der Waals surface area contributed by atoms with Crippen molar-refractivity contribution in [1.82, 2.24) is 4.98 Å². The second kappa shape index (κ2) is 5.90. The van der Waals surface area contributed by atoms with E-state index < -0.39 is 6.29 Å². The molecule has 0 aliphatic carbocycles. The van der Waals surface area contributed by atoms with Crippen molar-refractivity contribution >= 4 is 23.3 Å². The number of benzene rings is 1. The van der Waals surface area contributed by atoms with Gasteiger partial charge in [0.25, 0.3) is 0 Å². The van der Waals surface area contributed by atoms with Crippen LogP contribution in [0.4, 0.5) is 14.6 Å². The molecule has 1 N–H and O–H groups in total. The number of nitrogens with one attached hydrogen (secondary N) is 1. The highest BCUT2D eigenvalue weighted by Crippen LogP contribution is 2.45. The fourth-order valence-electron chi connectivity index (χ4n) is 2.09. The van der Waals surface area contributed by atoms with E-state index in [-0.39, 0.29) is 28.3 Å². The Morgan fingerprint density at radius 3 is 2.50 bits per heavy atom. The average molecular weight is 355 g/mol. The van der Waals surface area contributed by atoms with Gasteiger partial charge in [0.1, 0.15) is 5.82 Å². The number of carbonyl (C=O) groups is 1. The smallest absolute Gasteiger partial charge is 0.395 e. The van der Waals surface area contributed by atoms with Crippen LogP contribution >= 0.6 is 11.6 Å². The predicted molar refractivity (Wildman–Crippen MR) is 84.4 cm³/mol. The maximum Gasteiger partial charge on any atom is 0.586 e. The minimum Gasteiger partial charge on any atom is -0.395 e. The summed E-state index contributed by atoms with van der Waals surface area (Å²) < 4.78 is 35.0. The zero-order valence-electron chi connectivity index (χ0n) is 12.8. The summed E-state index contributed by atoms with van der Waals surface area (Å²) in [6.07, 6.45) is -2.22. The summed E-state index contributed by atoms with van der Waals surface area (Å²) in [4.78, 5) is 15.8. The van der Waals surface area contributed by atoms with Crippen LogP contribution in [0.1, 0.15) is 13.8 Å². The van der Waals surface area contributed by atoms with E-state index in [9.17, 15) is 13.6 Å². The largest absolute Gasteiger partial charge is 0.586 e. The summed E-state index contributed by atoms with van der Waals surface area (Å²) in [5.74, 6) is -0.157. The normalized spacial score (nSPS) is 14.8. The van der Waals surface area contributed by atoms with Gasteiger partial charge in [-0.2, -0.15) is 0 Å². The molecule has 5 nitrogen and oxygen atoms in total. The Morgan fingerprint density at radius 2 is 1.92 bits per heavy atom. The molecule has 0 bridgehead atoms. The number of anilines is 1. The number of pyridine rings is 1. The third-order valence-corrected chi connectivity index (χ3v) is 3.65. The SMILES string of the molecule is CC(C)C(=O)Nc1ccc(-c2cc3c(cc2Cl)OC(F)(F)O3)cn1. The molecule has 1 aliphatic rings. The molecule has 0 radical (unpaired) electrons. The second-order valence-corrected chi connectivity index (χ2v) is 5.93. The lowest BCUT2D eigenvalue weighted by Crippen LogP contribution is -2.25. The van der Waals surface area contributed by atoms with Crippen LogP contribution in [-0.2, 0) is 4.79 Å². The van der Waals surface area contributed by atoms with Gasteiger partial charge in [-0.3, -0.25) is 4.79 Å². The molecular formula is C16H13ClF2N2O3. The molecule has 0 spiro atoms. The lowest BCUT2D eigenvalue weighted by Gasteiger charge is -2.09. The van der Waals surface area contributed by atoms with E-state index in [0.717, 1.165) is 0 Å². The Hall–Kier alpha value is -2.41. The van der Waals surface area contributed by atoms with Crippen molar-refractivity contribution in [3.05, 3.63) is 35.5 Å². The molecule has 0 atom stereocenters. The van der Waals surface area contributed by atoms with Gasteiger partial charge in [0, 0.05) is 29.3 Å². The number of nitrogens with zero attached hydrogens (tertiary/aromatic N) is 1. The van der Waals surface area contributed by atoms with Crippen molar-refractivity contribution < 1.29 is 23.0 Å². The molecule has 0 saturated heterocycles. The number of hydrogen-bond acceptors (Lipinski definition) is 4. The molecule has 1 aliphatic heterocycles. The van der Waals surface area contributed by atoms with Gasteiger partial charge in [0.05, 0.1) is 5.02 Å². The number of alkyl halides is 2. The second-order valence-electron chi connectivity index (χ2n) is 5.52. The predicted octanol–water partition coefficient (Wildman–Crippen LogP) is 4.32. The first-order chi connectivity index (χ1) is 11.2. The molecule has 8 heteroatoms. The van der Waals surface area contributed by atoms with E-state index in [1.165, 1.54) is 18.3 Å². The monoisotopic (exact) mass is 354 g/mol. The first-order valence-electron chi connectivity index (χ1n) is 7.12. The number of hydrogen-bond donors (Lipinski definition) is 1. The molecule has 126 valence electrons. The molecule has 24 heavy (non-hydrogen) atoms. The molecule has 1 amide bonds. The Balaban J connectivity index is 1.87. The van der Waals surface area contributed by atoms with Crippen molar-refractivity contribution in [2.75, 3.05) is 5.32 Å². The summed E-state index contributed by atoms with van der Waals surface area (Å²) in [7, 11) is 0. The van der Waals surface area contributed by atoms with Gasteiger partial charge in [0.2, 0.25) is 5.91 Å². The van der Waals surface area contributed by atoms with Crippen molar-refractivity contribution in [1.29, 1.82) is 0 Å². The number of rotatable bonds is 3. The van der Waals surface area contributed by atoms with E-state index >= 15 is 0 Å². The third-order valence-electron chi connectivity index (χ3n) is 3.34. The van der Waals surface area contributed by atoms with Crippen LogP contribution in [0.2, 0.25) is 5.02 Å². The van der Waals surface area contributed by atoms with Crippen LogP contribution in [0.15, 0.2) is 30.5 Å². The van der Waals surface area contributed by atoms with Crippen LogP contribution in [-0.4, -0.2) is 17.2 Å². The van der Waals surface area contributed by atoms with Gasteiger partial charge in [-0.1, -0.05) is 25.4 Å². The molecule has 2 heterocycles. The number of ether oxygens (including phenoxy) is 2. The Kier molecular flexibility index (Phi) is 4.04. The van der Waals surface area contributed by atoms with Crippen LogP contribution in [0.25, 0.3) is 11.1 Å². The van der Waals surface area contributed by atoms with Crippen LogP contribution in [0.5, 0.6) is 11.5 Å². The first kappa shape index (κ1) is 16.4. The summed E-state index contributed by atoms with van der Waals surface area (Å²) >= 11 is 6.12. The number of fused-ring (bicyclic) bond motifs is 1. The van der Waals surface area contributed by atoms with Gasteiger partial charge >= 0.3 is 6.29 Å². The summed E-state index contributed by atoms with van der Waals surface area (Å²) in [6.45, 7) is 3.54. The Labute approximate surface area is 141 Å². The van der Waals surface area contributed by atoms with Crippen LogP contribution in [0.3, 0.4) is 0 Å². The molecular weight excluding hydrogens is 342 g/mol. The van der Waals surface area contributed by atoms with E-state index in [4.69, 9.17) is 11.6 Å². The van der Waals surface area contributed by atoms with Gasteiger partial charge in [0.15, 0.2) is 11.5 Å². The lowest BCUT2D eigenvalue weighted by molar-refractivity contribution is -0.286. The quantitative estimate of drug-likeness (QED) is 0.891. The molecule has 1 aromatic carbocycles. The highest BCUT2D eigenvalue weighted by atomic mass is 35.5. The fourth-order valence-corrected chi connectivity index (χ4v) is 2.35. The average Bonchev–Trinajstić information content (AvgIpc) is 2.80. The fraction of sp³-hybridized carbons (Fsp3) is 0.250. The van der Waals surface area contributed by atoms with E-state index in [0.29, 0.717) is 16.9 Å². The molecule has 0 fully saturated rings. The van der Waals surface area contributed by atoms with Gasteiger partial charge < -0.3 is 14.8 Å². The van der Waals surface area contributed by atoms with E-state index in [2.05, 4.69) is 19.8 Å². The topological polar surface area (TPSA) is 60.5 Å². The minimum atomic E-state index is -3.70. The number of halogens is 3. The van der Waals surface area contributed by atoms with Crippen molar-refractivity contribution in [2.24, 2.45) is 5.92 Å². The van der Waals surface area contributed by atoms with Crippen molar-refractivity contribution in [3.8, 4) is 22.6 Å². The summed E-state index contributed by atoms with van der Waals surface area (Å²) in [5, 5.41) is 2.88. The molecule has 3 rings (SSSR count). The minimum absolute atomic E-state index is 0.100. The highest BCUT2D eigenvalue weighted by molar-refractivity contribution is 6.33. The Morgan fingerprint density at radius 1 is 1.25 bits per heavy atom. The van der Waals surface area contributed by atoms with Crippen LogP contribution in [0, 0.1) is 5.92 Å². The molecule has 0 unspecified atom stereocenters. The lowest BCUT2D eigenvalue weighted by atomic mass is 10.1. The van der Waals surface area contributed by atoms with Gasteiger partial charge in [-0.25, -0.2) is 4.98 Å². The van der Waals surface area contributed by atoms with Crippen molar-refractivity contribution in [3.63, 3.8) is 0 Å². The summed E-state index contributed by atoms with van der Waals surface area (Å²) in [5.41, 5.74) is 1.05. The highest BCUT2D eigenvalue weighted by Gasteiger charge is 2.43. The number of carbonyl (C=O) groups excluding carboxylic acids is 1. The maximum atomic E-state index is 13.1. The van der Waals surface area contributed by atoms with Gasteiger partial charge in [-0.05, 0) is 18.2 Å². The zero-order chi connectivity index (χ0) is 17.5. The standard InChI is InChI=1S/C16H13ClF2N2O3/c1-8(2)15(22)21-14-4-3-9(7-20-14)10-5-12-13(6-11(10)17)24-16(18,19)23-12/h3-8H,1-2H3,(H,20,21,22). The zero-order valence-corrected chi connectivity index (χ0v) is 13.5. The maximum absolute atomic E-state index is 13.1. The van der Waals surface area contributed by atoms with E-state index in [1.807, 2.05) is 0 Å².